The van der Waals surface area contributed by atoms with Crippen LogP contribution in [0.3, 0.4) is 0 Å². The van der Waals surface area contributed by atoms with Gasteiger partial charge in [0.15, 0.2) is 5.65 Å². The molecule has 0 spiro atoms. The second-order valence-corrected chi connectivity index (χ2v) is 4.60. The lowest BCUT2D eigenvalue weighted by molar-refractivity contribution is -0.137. The van der Waals surface area contributed by atoms with E-state index in [2.05, 4.69) is 24.5 Å². The van der Waals surface area contributed by atoms with Crippen LogP contribution in [-0.4, -0.2) is 32.3 Å². The fraction of sp³-hybridized carbons (Fsp3) is 0.231. The molecule has 2 heterocycles. The summed E-state index contributed by atoms with van der Waals surface area (Å²) in [6, 6.07) is 2.33. The van der Waals surface area contributed by atoms with Crippen molar-refractivity contribution in [3.8, 4) is 6.01 Å². The van der Waals surface area contributed by atoms with E-state index in [4.69, 9.17) is 0 Å². The molecule has 2 aromatic heterocycles. The van der Waals surface area contributed by atoms with Gasteiger partial charge in [0.2, 0.25) is 0 Å². The number of halogens is 3. The maximum atomic E-state index is 12.8. The molecule has 24 heavy (non-hydrogen) atoms. The Morgan fingerprint density at radius 1 is 1.38 bits per heavy atom. The molecule has 0 aliphatic carbocycles. The van der Waals surface area contributed by atoms with Crippen LogP contribution in [0, 0.1) is 0 Å². The van der Waals surface area contributed by atoms with E-state index in [0.717, 1.165) is 22.7 Å². The van der Waals surface area contributed by atoms with Crippen molar-refractivity contribution in [2.45, 2.75) is 13.1 Å². The Labute approximate surface area is 130 Å². The van der Waals surface area contributed by atoms with Crippen LogP contribution in [0.1, 0.15) is 12.5 Å². The topological polar surface area (TPSA) is 98.6 Å². The number of hydrogen-bond donors (Lipinski definition) is 1. The summed E-state index contributed by atoms with van der Waals surface area (Å²) >= 11 is 0. The highest BCUT2D eigenvalue weighted by Gasteiger charge is 2.31. The maximum Gasteiger partial charge on any atom is 0.516 e. The first-order valence-corrected chi connectivity index (χ1v) is 6.64. The quantitative estimate of drug-likeness (QED) is 0.716. The van der Waals surface area contributed by atoms with Crippen LogP contribution in [0.5, 0.6) is 6.01 Å². The number of carbonyl (C=O) groups is 1. The predicted molar refractivity (Wildman–Crippen MR) is 73.8 cm³/mol. The van der Waals surface area contributed by atoms with Crippen molar-refractivity contribution in [2.75, 3.05) is 6.61 Å². The molecule has 0 unspecified atom stereocenters. The van der Waals surface area contributed by atoms with Crippen molar-refractivity contribution in [3.05, 3.63) is 34.2 Å². The van der Waals surface area contributed by atoms with Crippen LogP contribution in [0.25, 0.3) is 16.6 Å². The maximum absolute atomic E-state index is 12.8. The van der Waals surface area contributed by atoms with Crippen LogP contribution >= 0.6 is 0 Å². The molecule has 0 saturated carbocycles. The van der Waals surface area contributed by atoms with Gasteiger partial charge in [0.1, 0.15) is 0 Å². The molecule has 0 amide bonds. The Hall–Kier alpha value is -3.11. The van der Waals surface area contributed by atoms with Crippen molar-refractivity contribution in [2.24, 2.45) is 0 Å². The van der Waals surface area contributed by atoms with E-state index in [-0.39, 0.29) is 23.2 Å². The number of nitrogens with zero attached hydrogens (tertiary/aromatic N) is 3. The summed E-state index contributed by atoms with van der Waals surface area (Å²) in [6.07, 6.45) is -5.61. The second kappa shape index (κ2) is 5.51. The molecule has 0 atom stereocenters. The van der Waals surface area contributed by atoms with E-state index in [1.54, 1.807) is 6.92 Å². The average molecular weight is 342 g/mol. The van der Waals surface area contributed by atoms with Gasteiger partial charge in [-0.3, -0.25) is 0 Å². The van der Waals surface area contributed by atoms with Gasteiger partial charge in [0.05, 0.1) is 17.7 Å². The minimum absolute atomic E-state index is 0.0539. The number of hydrogen-bond acceptors (Lipinski definition) is 6. The zero-order valence-electron chi connectivity index (χ0n) is 12.0. The number of H-pyrrole nitrogens is 1. The number of fused-ring (bicyclic) bond motifs is 3. The summed E-state index contributed by atoms with van der Waals surface area (Å²) in [4.78, 5) is 29.3. The summed E-state index contributed by atoms with van der Waals surface area (Å²) < 4.78 is 48.3. The molecule has 8 nitrogen and oxygen atoms in total. The first-order valence-electron chi connectivity index (χ1n) is 6.64. The van der Waals surface area contributed by atoms with Crippen molar-refractivity contribution >= 4 is 22.7 Å². The van der Waals surface area contributed by atoms with Crippen molar-refractivity contribution < 1.29 is 27.4 Å². The summed E-state index contributed by atoms with van der Waals surface area (Å²) in [5.74, 6) is 0. The fourth-order valence-electron chi connectivity index (χ4n) is 2.06. The molecule has 0 bridgehead atoms. The molecule has 0 aliphatic rings. The molecular formula is C13H9F3N4O4. The van der Waals surface area contributed by atoms with E-state index < -0.39 is 29.6 Å². The van der Waals surface area contributed by atoms with Gasteiger partial charge in [-0.1, -0.05) is 0 Å². The lowest BCUT2D eigenvalue weighted by Crippen LogP contribution is -2.18. The smallest absolute Gasteiger partial charge is 0.434 e. The highest BCUT2D eigenvalue weighted by Crippen LogP contribution is 2.31. The molecular weight excluding hydrogens is 333 g/mol. The number of aromatic amines is 1. The minimum Gasteiger partial charge on any atom is -0.434 e. The van der Waals surface area contributed by atoms with Crippen LogP contribution in [0.4, 0.5) is 18.0 Å². The third-order valence-electron chi connectivity index (χ3n) is 3.05. The molecule has 0 saturated heterocycles. The molecule has 0 aliphatic heterocycles. The van der Waals surface area contributed by atoms with E-state index in [0.29, 0.717) is 0 Å². The Morgan fingerprint density at radius 3 is 2.79 bits per heavy atom. The van der Waals surface area contributed by atoms with Gasteiger partial charge in [0, 0.05) is 5.39 Å². The SMILES string of the molecule is CCOC(=O)Oc1nc2c3ccc(C(F)(F)F)cc3[nH]c(=O)n2n1. The minimum atomic E-state index is -4.55. The van der Waals surface area contributed by atoms with Gasteiger partial charge in [-0.2, -0.15) is 22.7 Å². The zero-order valence-corrected chi connectivity index (χ0v) is 12.0. The predicted octanol–water partition coefficient (Wildman–Crippen LogP) is 2.12. The molecule has 1 N–H and O–H groups in total. The molecule has 11 heteroatoms. The standard InChI is InChI=1S/C13H9F3N4O4/c1-2-23-12(22)24-10-18-9-7-4-3-6(13(14,15)16)5-8(7)17-11(21)20(9)19-10/h3-5H,2H2,1H3,(H,17,21). The zero-order chi connectivity index (χ0) is 17.5. The van der Waals surface area contributed by atoms with E-state index >= 15 is 0 Å². The van der Waals surface area contributed by atoms with Crippen molar-refractivity contribution in [1.29, 1.82) is 0 Å². The molecule has 126 valence electrons. The molecule has 0 fully saturated rings. The normalized spacial score (nSPS) is 11.8. The Bertz CT molecular complexity index is 992. The van der Waals surface area contributed by atoms with Crippen LogP contribution in [0.2, 0.25) is 0 Å². The molecule has 1 aromatic carbocycles. The van der Waals surface area contributed by atoms with Gasteiger partial charge in [-0.25, -0.2) is 9.59 Å². The van der Waals surface area contributed by atoms with Gasteiger partial charge < -0.3 is 14.5 Å². The number of ether oxygens (including phenoxy) is 2. The second-order valence-electron chi connectivity index (χ2n) is 4.60. The van der Waals surface area contributed by atoms with E-state index in [9.17, 15) is 22.8 Å². The number of rotatable bonds is 2. The van der Waals surface area contributed by atoms with E-state index in [1.165, 1.54) is 0 Å². The fourth-order valence-corrected chi connectivity index (χ4v) is 2.06. The largest absolute Gasteiger partial charge is 0.516 e. The summed E-state index contributed by atoms with van der Waals surface area (Å²) in [5.41, 5.74) is -1.88. The average Bonchev–Trinajstić information content (AvgIpc) is 2.90. The number of benzene rings is 1. The third-order valence-corrected chi connectivity index (χ3v) is 3.05. The summed E-state index contributed by atoms with van der Waals surface area (Å²) in [5, 5.41) is 3.87. The van der Waals surface area contributed by atoms with Crippen LogP contribution in [-0.2, 0) is 10.9 Å². The molecule has 3 rings (SSSR count). The lowest BCUT2D eigenvalue weighted by atomic mass is 10.1. The number of carbonyl (C=O) groups excluding carboxylic acids is 1. The van der Waals surface area contributed by atoms with Crippen molar-refractivity contribution in [1.82, 2.24) is 19.6 Å². The third kappa shape index (κ3) is 2.75. The van der Waals surface area contributed by atoms with Gasteiger partial charge in [-0.05, 0) is 25.1 Å². The first kappa shape index (κ1) is 15.8. The van der Waals surface area contributed by atoms with Crippen LogP contribution < -0.4 is 10.4 Å². The Morgan fingerprint density at radius 2 is 2.12 bits per heavy atom. The monoisotopic (exact) mass is 342 g/mol. The first-order chi connectivity index (χ1) is 11.3. The van der Waals surface area contributed by atoms with E-state index in [1.807, 2.05) is 0 Å². The Kier molecular flexibility index (Phi) is 3.62. The number of alkyl halides is 3. The summed E-state index contributed by atoms with van der Waals surface area (Å²) in [7, 11) is 0. The molecule has 3 aromatic rings. The Balaban J connectivity index is 2.14. The lowest BCUT2D eigenvalue weighted by Gasteiger charge is -2.07. The van der Waals surface area contributed by atoms with Crippen LogP contribution in [0.15, 0.2) is 23.0 Å². The number of aromatic nitrogens is 4. The van der Waals surface area contributed by atoms with Gasteiger partial charge in [0.25, 0.3) is 0 Å². The summed E-state index contributed by atoms with van der Waals surface area (Å²) in [6.45, 7) is 1.63. The number of nitrogens with one attached hydrogen (secondary N) is 1. The highest BCUT2D eigenvalue weighted by atomic mass is 19.4. The van der Waals surface area contributed by atoms with Gasteiger partial charge >= 0.3 is 24.0 Å². The van der Waals surface area contributed by atoms with Crippen molar-refractivity contribution in [3.63, 3.8) is 0 Å². The molecule has 0 radical (unpaired) electrons. The highest BCUT2D eigenvalue weighted by molar-refractivity contribution is 5.91. The van der Waals surface area contributed by atoms with Gasteiger partial charge in [-0.15, -0.1) is 5.10 Å².